The third-order valence-corrected chi connectivity index (χ3v) is 8.44. The normalized spacial score (nSPS) is 18.3. The molecule has 3 aliphatic rings. The molecule has 0 atom stereocenters. The lowest BCUT2D eigenvalue weighted by molar-refractivity contribution is 0.0782. The zero-order valence-corrected chi connectivity index (χ0v) is 21.9. The van der Waals surface area contributed by atoms with Gasteiger partial charge in [0.05, 0.1) is 29.6 Å². The van der Waals surface area contributed by atoms with Gasteiger partial charge in [-0.1, -0.05) is 48.5 Å². The highest BCUT2D eigenvalue weighted by Crippen LogP contribution is 2.51. The fraction of sp³-hybridized carbons (Fsp3) is 0.344. The fourth-order valence-electron chi connectivity index (χ4n) is 6.23. The molecule has 0 bridgehead atoms. The summed E-state index contributed by atoms with van der Waals surface area (Å²) in [6, 6.07) is 18.4. The van der Waals surface area contributed by atoms with Crippen molar-refractivity contribution in [2.45, 2.75) is 38.2 Å². The average Bonchev–Trinajstić information content (AvgIpc) is 3.71. The molecule has 1 spiro atoms. The van der Waals surface area contributed by atoms with Crippen LogP contribution in [-0.2, 0) is 5.60 Å². The minimum atomic E-state index is -0.868. The maximum Gasteiger partial charge on any atom is 0.187 e. The van der Waals surface area contributed by atoms with E-state index in [4.69, 9.17) is 11.6 Å². The van der Waals surface area contributed by atoms with Gasteiger partial charge in [0.2, 0.25) is 0 Å². The van der Waals surface area contributed by atoms with E-state index in [2.05, 4.69) is 44.0 Å². The van der Waals surface area contributed by atoms with Gasteiger partial charge in [-0.15, -0.1) is 0 Å². The molecule has 3 fully saturated rings. The predicted molar refractivity (Wildman–Crippen MR) is 152 cm³/mol. The van der Waals surface area contributed by atoms with Crippen LogP contribution < -0.4 is 9.80 Å². The number of para-hydroxylation sites is 1. The second kappa shape index (κ2) is 8.28. The summed E-state index contributed by atoms with van der Waals surface area (Å²) in [5.74, 6) is 1.60. The Kier molecular flexibility index (Phi) is 5.05. The first-order chi connectivity index (χ1) is 18.3. The monoisotopic (exact) mass is 501 g/mol. The zero-order valence-electron chi connectivity index (χ0n) is 21.9. The summed E-state index contributed by atoms with van der Waals surface area (Å²) in [4.78, 5) is 18.0. The van der Waals surface area contributed by atoms with E-state index in [1.165, 1.54) is 29.5 Å². The van der Waals surface area contributed by atoms with E-state index in [0.717, 1.165) is 54.2 Å². The van der Waals surface area contributed by atoms with Crippen LogP contribution in [0.4, 0.5) is 17.2 Å². The Morgan fingerprint density at radius 2 is 1.66 bits per heavy atom. The van der Waals surface area contributed by atoms with Crippen molar-refractivity contribution in [3.8, 4) is 11.1 Å². The number of anilines is 2. The molecule has 38 heavy (non-hydrogen) atoms. The molecule has 7 rings (SSSR count). The Labute approximate surface area is 223 Å². The molecule has 190 valence electrons. The van der Waals surface area contributed by atoms with E-state index < -0.39 is 5.60 Å². The molecule has 2 aromatic heterocycles. The third kappa shape index (κ3) is 3.81. The number of fused-ring (bicyclic) bond motifs is 1. The molecule has 1 aliphatic carbocycles. The quantitative estimate of drug-likeness (QED) is 0.326. The summed E-state index contributed by atoms with van der Waals surface area (Å²) in [7, 11) is 0. The lowest BCUT2D eigenvalue weighted by Gasteiger charge is -2.61. The minimum absolute atomic E-state index is 0.318. The molecule has 1 saturated carbocycles. The second-order valence-corrected chi connectivity index (χ2v) is 11.9. The summed E-state index contributed by atoms with van der Waals surface area (Å²) >= 11 is 0. The van der Waals surface area contributed by atoms with Crippen LogP contribution in [0.1, 0.15) is 43.7 Å². The van der Waals surface area contributed by atoms with Crippen molar-refractivity contribution < 1.29 is 5.11 Å². The highest BCUT2D eigenvalue weighted by molar-refractivity contribution is 5.98. The van der Waals surface area contributed by atoms with Crippen molar-refractivity contribution in [1.82, 2.24) is 9.97 Å². The number of aliphatic hydroxyl groups is 1. The van der Waals surface area contributed by atoms with Gasteiger partial charge in [-0.05, 0) is 49.8 Å². The number of rotatable bonds is 5. The molecule has 4 aromatic rings. The van der Waals surface area contributed by atoms with Crippen LogP contribution in [0, 0.1) is 12.0 Å². The number of nitrogens with zero attached hydrogens (tertiary/aromatic N) is 5. The highest BCUT2D eigenvalue weighted by Gasteiger charge is 2.53. The lowest BCUT2D eigenvalue weighted by Crippen LogP contribution is -2.72. The molecule has 0 unspecified atom stereocenters. The predicted octanol–water partition coefficient (Wildman–Crippen LogP) is 6.28. The standard InChI is InChI=1S/C32H31N5O/c1-31(2,38)23-11-14-28(34-15-23)37-19-32(20-37)17-36(18-32)27-16-35-30-25(21-9-12-24(33-3)13-10-21)5-4-6-26(30)29(27)22-7-8-22/h4-6,9-16,22,38H,7-8,17-20H2,1-2H3. The Balaban J connectivity index is 1.12. The first kappa shape index (κ1) is 23.2. The van der Waals surface area contributed by atoms with Crippen molar-refractivity contribution in [3.05, 3.63) is 89.5 Å². The molecule has 6 nitrogen and oxygen atoms in total. The number of pyridine rings is 2. The zero-order chi connectivity index (χ0) is 26.1. The van der Waals surface area contributed by atoms with Crippen molar-refractivity contribution in [3.63, 3.8) is 0 Å². The van der Waals surface area contributed by atoms with Crippen LogP contribution >= 0.6 is 0 Å². The van der Waals surface area contributed by atoms with Gasteiger partial charge in [0.1, 0.15) is 5.82 Å². The number of hydrogen-bond acceptors (Lipinski definition) is 5. The maximum absolute atomic E-state index is 10.2. The van der Waals surface area contributed by atoms with Gasteiger partial charge in [-0.25, -0.2) is 9.83 Å². The van der Waals surface area contributed by atoms with Crippen molar-refractivity contribution in [1.29, 1.82) is 0 Å². The highest BCUT2D eigenvalue weighted by atomic mass is 16.3. The number of benzene rings is 2. The van der Waals surface area contributed by atoms with Gasteiger partial charge in [0.25, 0.3) is 0 Å². The van der Waals surface area contributed by atoms with Gasteiger partial charge in [-0.2, -0.15) is 0 Å². The van der Waals surface area contributed by atoms with Gasteiger partial charge >= 0.3 is 0 Å². The number of aromatic nitrogens is 2. The second-order valence-electron chi connectivity index (χ2n) is 11.9. The van der Waals surface area contributed by atoms with Crippen molar-refractivity contribution >= 4 is 28.1 Å². The molecule has 0 radical (unpaired) electrons. The van der Waals surface area contributed by atoms with Crippen LogP contribution in [0.15, 0.2) is 67.0 Å². The largest absolute Gasteiger partial charge is 0.386 e. The van der Waals surface area contributed by atoms with Crippen LogP contribution in [0.25, 0.3) is 26.9 Å². The minimum Gasteiger partial charge on any atom is -0.386 e. The topological polar surface area (TPSA) is 56.9 Å². The van der Waals surface area contributed by atoms with E-state index in [0.29, 0.717) is 17.0 Å². The van der Waals surface area contributed by atoms with Crippen LogP contribution in [-0.4, -0.2) is 41.3 Å². The SMILES string of the molecule is [C-]#[N+]c1ccc(-c2cccc3c(C4CC4)c(N4CC5(CN(c6ccc(C(C)(C)O)cn6)C5)C4)cnc23)cc1. The first-order valence-corrected chi connectivity index (χ1v) is 13.4. The lowest BCUT2D eigenvalue weighted by atomic mass is 9.72. The van der Waals surface area contributed by atoms with Crippen LogP contribution in [0.2, 0.25) is 0 Å². The molecule has 2 saturated heterocycles. The molecule has 2 aromatic carbocycles. The third-order valence-electron chi connectivity index (χ3n) is 8.44. The van der Waals surface area contributed by atoms with E-state index in [9.17, 15) is 5.11 Å². The molecule has 2 aliphatic heterocycles. The Hall–Kier alpha value is -3.95. The van der Waals surface area contributed by atoms with Crippen LogP contribution in [0.3, 0.4) is 0 Å². The van der Waals surface area contributed by atoms with Gasteiger partial charge < -0.3 is 14.9 Å². The molecule has 6 heteroatoms. The average molecular weight is 502 g/mol. The Morgan fingerprint density at radius 3 is 2.29 bits per heavy atom. The molecule has 4 heterocycles. The fourth-order valence-corrected chi connectivity index (χ4v) is 6.23. The van der Waals surface area contributed by atoms with Crippen molar-refractivity contribution in [2.75, 3.05) is 36.0 Å². The summed E-state index contributed by atoms with van der Waals surface area (Å²) in [6.45, 7) is 15.0. The summed E-state index contributed by atoms with van der Waals surface area (Å²) in [5.41, 5.74) is 7.00. The first-order valence-electron chi connectivity index (χ1n) is 13.4. The molecule has 1 N–H and O–H groups in total. The smallest absolute Gasteiger partial charge is 0.187 e. The van der Waals surface area contributed by atoms with Gasteiger partial charge in [-0.3, -0.25) is 4.98 Å². The molecular formula is C32H31N5O. The Bertz CT molecular complexity index is 1560. The van der Waals surface area contributed by atoms with E-state index in [1.54, 1.807) is 20.0 Å². The summed E-state index contributed by atoms with van der Waals surface area (Å²) in [5, 5.41) is 11.5. The summed E-state index contributed by atoms with van der Waals surface area (Å²) in [6.07, 6.45) is 6.39. The van der Waals surface area contributed by atoms with Crippen molar-refractivity contribution in [2.24, 2.45) is 5.41 Å². The van der Waals surface area contributed by atoms with E-state index in [1.807, 2.05) is 36.4 Å². The van der Waals surface area contributed by atoms with E-state index in [-0.39, 0.29) is 0 Å². The van der Waals surface area contributed by atoms with Gasteiger partial charge in [0, 0.05) is 54.3 Å². The summed E-state index contributed by atoms with van der Waals surface area (Å²) < 4.78 is 0. The maximum atomic E-state index is 10.2. The molecular weight excluding hydrogens is 470 g/mol. The molecule has 0 amide bonds. The number of hydrogen-bond donors (Lipinski definition) is 1. The van der Waals surface area contributed by atoms with E-state index >= 15 is 0 Å². The van der Waals surface area contributed by atoms with Crippen LogP contribution in [0.5, 0.6) is 0 Å². The Morgan fingerprint density at radius 1 is 0.921 bits per heavy atom. The van der Waals surface area contributed by atoms with Gasteiger partial charge in [0.15, 0.2) is 5.69 Å².